The fourth-order valence-corrected chi connectivity index (χ4v) is 5.73. The molecule has 0 aromatic heterocycles. The lowest BCUT2D eigenvalue weighted by atomic mass is 9.74. The van der Waals surface area contributed by atoms with Crippen LogP contribution in [0.3, 0.4) is 0 Å². The molecule has 3 aromatic rings. The molecule has 0 aliphatic carbocycles. The van der Waals surface area contributed by atoms with E-state index in [1.165, 1.54) is 22.3 Å². The van der Waals surface area contributed by atoms with Crippen LogP contribution in [0.15, 0.2) is 78.9 Å². The zero-order valence-corrected chi connectivity index (χ0v) is 21.7. The Hall–Kier alpha value is -3.19. The van der Waals surface area contributed by atoms with E-state index in [4.69, 9.17) is 4.74 Å². The zero-order chi connectivity index (χ0) is 25.6. The highest BCUT2D eigenvalue weighted by molar-refractivity contribution is 5.79. The second-order valence-corrected chi connectivity index (χ2v) is 10.0. The van der Waals surface area contributed by atoms with Crippen molar-refractivity contribution in [1.82, 2.24) is 21.5 Å². The summed E-state index contributed by atoms with van der Waals surface area (Å²) in [4.78, 5) is 13.7. The molecule has 1 amide bonds. The van der Waals surface area contributed by atoms with Gasteiger partial charge in [-0.05, 0) is 60.6 Å². The van der Waals surface area contributed by atoms with Crippen molar-refractivity contribution in [2.24, 2.45) is 11.8 Å². The van der Waals surface area contributed by atoms with Crippen molar-refractivity contribution in [1.29, 1.82) is 0 Å². The van der Waals surface area contributed by atoms with E-state index in [0.717, 1.165) is 25.0 Å². The highest BCUT2D eigenvalue weighted by Gasteiger charge is 2.49. The minimum absolute atomic E-state index is 0.0222. The maximum Gasteiger partial charge on any atom is 0.223 e. The van der Waals surface area contributed by atoms with Crippen LogP contribution in [0.2, 0.25) is 0 Å². The van der Waals surface area contributed by atoms with E-state index in [2.05, 4.69) is 76.9 Å². The number of nitrogens with one attached hydrogen (secondary N) is 4. The molecule has 2 aliphatic heterocycles. The lowest BCUT2D eigenvalue weighted by Gasteiger charge is -2.40. The summed E-state index contributed by atoms with van der Waals surface area (Å²) in [5.74, 6) is 0.940. The monoisotopic (exact) mass is 498 g/mol. The number of fused-ring (bicyclic) bond motifs is 1. The number of carbonyl (C=O) groups excluding carboxylic acids is 1. The number of ether oxygens (including phenoxy) is 1. The Kier molecular flexibility index (Phi) is 8.19. The minimum Gasteiger partial charge on any atom is -0.494 e. The summed E-state index contributed by atoms with van der Waals surface area (Å²) in [6.45, 7) is 5.44. The summed E-state index contributed by atoms with van der Waals surface area (Å²) < 4.78 is 5.63. The molecule has 2 fully saturated rings. The van der Waals surface area contributed by atoms with E-state index < -0.39 is 0 Å². The van der Waals surface area contributed by atoms with Crippen LogP contribution in [0.25, 0.3) is 0 Å². The van der Waals surface area contributed by atoms with Crippen molar-refractivity contribution in [2.45, 2.75) is 51.4 Å². The number of rotatable bonds is 9. The van der Waals surface area contributed by atoms with Crippen LogP contribution in [0.5, 0.6) is 5.75 Å². The molecule has 0 bridgehead atoms. The Labute approximate surface area is 220 Å². The second-order valence-electron chi connectivity index (χ2n) is 10.0. The van der Waals surface area contributed by atoms with Gasteiger partial charge in [0, 0.05) is 24.4 Å². The molecule has 0 spiro atoms. The molecule has 6 nitrogen and oxygen atoms in total. The van der Waals surface area contributed by atoms with Crippen LogP contribution >= 0.6 is 0 Å². The maximum atomic E-state index is 13.7. The van der Waals surface area contributed by atoms with Crippen molar-refractivity contribution in [3.8, 4) is 5.75 Å². The summed E-state index contributed by atoms with van der Waals surface area (Å²) in [5.41, 5.74) is 11.9. The first kappa shape index (κ1) is 25.5. The number of hydrazine groups is 1. The predicted molar refractivity (Wildman–Crippen MR) is 147 cm³/mol. The van der Waals surface area contributed by atoms with E-state index in [1.807, 2.05) is 37.3 Å². The van der Waals surface area contributed by atoms with Crippen LogP contribution < -0.4 is 26.2 Å². The molecule has 4 N–H and O–H groups in total. The first-order chi connectivity index (χ1) is 18.2. The van der Waals surface area contributed by atoms with Crippen LogP contribution in [-0.4, -0.2) is 25.2 Å². The first-order valence-electron chi connectivity index (χ1n) is 13.6. The fourth-order valence-electron chi connectivity index (χ4n) is 5.73. The molecule has 5 atom stereocenters. The Morgan fingerprint density at radius 2 is 1.62 bits per heavy atom. The molecule has 37 heavy (non-hydrogen) atoms. The molecule has 194 valence electrons. The largest absolute Gasteiger partial charge is 0.494 e. The van der Waals surface area contributed by atoms with Crippen molar-refractivity contribution in [3.05, 3.63) is 101 Å². The number of hydrogen-bond acceptors (Lipinski definition) is 5. The Morgan fingerprint density at radius 1 is 0.892 bits per heavy atom. The third-order valence-electron chi connectivity index (χ3n) is 7.73. The normalized spacial score (nSPS) is 24.9. The van der Waals surface area contributed by atoms with Gasteiger partial charge in [0.25, 0.3) is 0 Å². The van der Waals surface area contributed by atoms with Gasteiger partial charge >= 0.3 is 0 Å². The van der Waals surface area contributed by atoms with Gasteiger partial charge in [-0.15, -0.1) is 0 Å². The van der Waals surface area contributed by atoms with Gasteiger partial charge in [-0.1, -0.05) is 73.7 Å². The smallest absolute Gasteiger partial charge is 0.223 e. The van der Waals surface area contributed by atoms with Gasteiger partial charge in [0.15, 0.2) is 0 Å². The van der Waals surface area contributed by atoms with E-state index in [9.17, 15) is 4.79 Å². The predicted octanol–water partition coefficient (Wildman–Crippen LogP) is 4.45. The third-order valence-corrected chi connectivity index (χ3v) is 7.73. The molecule has 5 unspecified atom stereocenters. The number of piperidine rings is 1. The number of carbonyl (C=O) groups is 1. The molecule has 2 saturated heterocycles. The lowest BCUT2D eigenvalue weighted by molar-refractivity contribution is -0.128. The quantitative estimate of drug-likeness (QED) is 0.351. The molecule has 0 radical (unpaired) electrons. The lowest BCUT2D eigenvalue weighted by Crippen LogP contribution is -2.54. The van der Waals surface area contributed by atoms with E-state index in [-0.39, 0.29) is 36.0 Å². The molecular weight excluding hydrogens is 460 g/mol. The van der Waals surface area contributed by atoms with Crippen molar-refractivity contribution < 1.29 is 9.53 Å². The summed E-state index contributed by atoms with van der Waals surface area (Å²) in [6.07, 6.45) is 2.55. The topological polar surface area (TPSA) is 74.4 Å². The van der Waals surface area contributed by atoms with Crippen LogP contribution in [-0.2, 0) is 17.6 Å². The van der Waals surface area contributed by atoms with Crippen LogP contribution in [0.4, 0.5) is 0 Å². The number of aryl methyl sites for hydroxylation is 1. The molecular formula is C31H38N4O2. The van der Waals surface area contributed by atoms with E-state index >= 15 is 0 Å². The molecule has 2 aliphatic rings. The SMILES string of the molecule is CCOc1ccc(C2CC(C(=O)NCCc3ccccc3)C3C(NNC3c3ccc(CC)cc3)N2)cc1. The number of benzene rings is 3. The Bertz CT molecular complexity index is 1150. The van der Waals surface area contributed by atoms with Gasteiger partial charge in [0.05, 0.1) is 18.8 Å². The minimum atomic E-state index is -0.142. The average Bonchev–Trinajstić information content (AvgIpc) is 3.38. The molecule has 0 saturated carbocycles. The molecule has 2 heterocycles. The van der Waals surface area contributed by atoms with Gasteiger partial charge in [-0.3, -0.25) is 10.1 Å². The molecule has 6 heteroatoms. The van der Waals surface area contributed by atoms with Gasteiger partial charge in [-0.25, -0.2) is 10.9 Å². The van der Waals surface area contributed by atoms with E-state index in [1.54, 1.807) is 0 Å². The van der Waals surface area contributed by atoms with Crippen LogP contribution in [0, 0.1) is 11.8 Å². The standard InChI is InChI=1S/C31H38N4O2/c1-3-21-10-12-24(13-11-21)29-28-26(31(36)32-19-18-22-8-6-5-7-9-22)20-27(33-30(28)35-34-29)23-14-16-25(17-15-23)37-4-2/h5-17,26-30,33-35H,3-4,18-20H2,1-2H3,(H,32,36). The van der Waals surface area contributed by atoms with Crippen molar-refractivity contribution >= 4 is 5.91 Å². The third kappa shape index (κ3) is 5.87. The highest BCUT2D eigenvalue weighted by Crippen LogP contribution is 2.42. The summed E-state index contributed by atoms with van der Waals surface area (Å²) in [7, 11) is 0. The van der Waals surface area contributed by atoms with Crippen molar-refractivity contribution in [3.63, 3.8) is 0 Å². The average molecular weight is 499 g/mol. The van der Waals surface area contributed by atoms with Gasteiger partial charge in [0.2, 0.25) is 5.91 Å². The van der Waals surface area contributed by atoms with Crippen LogP contribution in [0.1, 0.15) is 54.6 Å². The van der Waals surface area contributed by atoms with Gasteiger partial charge < -0.3 is 10.1 Å². The van der Waals surface area contributed by atoms with Gasteiger partial charge in [-0.2, -0.15) is 0 Å². The zero-order valence-electron chi connectivity index (χ0n) is 21.7. The molecule has 3 aromatic carbocycles. The molecule has 5 rings (SSSR count). The number of amides is 1. The van der Waals surface area contributed by atoms with Crippen molar-refractivity contribution in [2.75, 3.05) is 13.2 Å². The maximum absolute atomic E-state index is 13.7. The summed E-state index contributed by atoms with van der Waals surface area (Å²) >= 11 is 0. The number of hydrogen-bond donors (Lipinski definition) is 4. The Balaban J connectivity index is 1.35. The highest BCUT2D eigenvalue weighted by atomic mass is 16.5. The summed E-state index contributed by atoms with van der Waals surface area (Å²) in [6, 6.07) is 27.5. The first-order valence-corrected chi connectivity index (χ1v) is 13.6. The fraction of sp³-hybridized carbons (Fsp3) is 0.387. The Morgan fingerprint density at radius 3 is 2.32 bits per heavy atom. The van der Waals surface area contributed by atoms with E-state index in [0.29, 0.717) is 13.2 Å². The summed E-state index contributed by atoms with van der Waals surface area (Å²) in [5, 5.41) is 7.04. The second kappa shape index (κ2) is 11.9. The van der Waals surface area contributed by atoms with Gasteiger partial charge in [0.1, 0.15) is 5.75 Å².